The number of hydrogen-bond acceptors (Lipinski definition) is 7. The van der Waals surface area contributed by atoms with E-state index < -0.39 is 23.6 Å². The Morgan fingerprint density at radius 1 is 1.09 bits per heavy atom. The van der Waals surface area contributed by atoms with Crippen LogP contribution in [0.15, 0.2) is 48.8 Å². The van der Waals surface area contributed by atoms with Crippen molar-refractivity contribution < 1.29 is 22.8 Å². The number of alkyl halides is 3. The van der Waals surface area contributed by atoms with E-state index in [2.05, 4.69) is 15.3 Å². The number of halogens is 3. The summed E-state index contributed by atoms with van der Waals surface area (Å²) in [5.74, 6) is -2.04. The third kappa shape index (κ3) is 5.91. The lowest BCUT2D eigenvalue weighted by molar-refractivity contribution is -0.144. The lowest BCUT2D eigenvalue weighted by Crippen LogP contribution is -2.39. The molecule has 0 atom stereocenters. The van der Waals surface area contributed by atoms with E-state index in [1.54, 1.807) is 12.1 Å². The van der Waals surface area contributed by atoms with E-state index in [0.29, 0.717) is 6.20 Å². The number of benzene rings is 1. The van der Waals surface area contributed by atoms with Crippen molar-refractivity contribution in [3.05, 3.63) is 76.7 Å². The number of amides is 2. The summed E-state index contributed by atoms with van der Waals surface area (Å²) in [6.45, 7) is 1.61. The van der Waals surface area contributed by atoms with Gasteiger partial charge in [0.15, 0.2) is 0 Å². The molecule has 2 amide bonds. The molecule has 9 nitrogen and oxygen atoms in total. The molecule has 0 bridgehead atoms. The molecular formula is C23H22F3N7O2. The van der Waals surface area contributed by atoms with Gasteiger partial charge in [0.05, 0.1) is 40.9 Å². The van der Waals surface area contributed by atoms with Gasteiger partial charge in [-0.15, -0.1) is 0 Å². The van der Waals surface area contributed by atoms with Gasteiger partial charge in [0.1, 0.15) is 5.82 Å². The molecular weight excluding hydrogens is 463 g/mol. The van der Waals surface area contributed by atoms with Gasteiger partial charge in [-0.2, -0.15) is 13.2 Å². The minimum Gasteiger partial charge on any atom is -0.396 e. The molecule has 2 heterocycles. The van der Waals surface area contributed by atoms with Crippen molar-refractivity contribution in [3.63, 3.8) is 0 Å². The number of carbonyl (C=O) groups is 2. The molecule has 0 radical (unpaired) electrons. The molecule has 0 aliphatic rings. The first kappa shape index (κ1) is 25.1. The number of nitrogen functional groups attached to an aromatic ring is 2. The second-order valence-electron chi connectivity index (χ2n) is 7.61. The second kappa shape index (κ2) is 10.2. The van der Waals surface area contributed by atoms with Crippen molar-refractivity contribution in [1.29, 1.82) is 5.41 Å². The summed E-state index contributed by atoms with van der Waals surface area (Å²) in [5.41, 5.74) is 12.4. The van der Waals surface area contributed by atoms with Gasteiger partial charge in [-0.25, -0.2) is 4.98 Å². The van der Waals surface area contributed by atoms with Crippen LogP contribution in [0.4, 0.5) is 30.4 Å². The topological polar surface area (TPSA) is 151 Å². The Balaban J connectivity index is 1.88. The molecule has 35 heavy (non-hydrogen) atoms. The van der Waals surface area contributed by atoms with Crippen molar-refractivity contribution in [2.75, 3.05) is 16.8 Å². The standard InChI is InChI=1S/C23H22F3N7O2/c1-13-4-2-3-5-14(13)11-33(12-16-7-6-15(9-30-16)23(24,25)26)22(35)21(34)32-18-10-31-20(29)17(8-27)19(18)28/h2-10,27H,11-12H2,1H3,(H,32,34)(H4,28,29,31). The molecule has 0 aliphatic heterocycles. The van der Waals surface area contributed by atoms with Crippen molar-refractivity contribution in [3.8, 4) is 0 Å². The summed E-state index contributed by atoms with van der Waals surface area (Å²) in [6, 6.07) is 9.18. The van der Waals surface area contributed by atoms with E-state index in [-0.39, 0.29) is 41.5 Å². The predicted molar refractivity (Wildman–Crippen MR) is 124 cm³/mol. The molecule has 0 spiro atoms. The van der Waals surface area contributed by atoms with Crippen LogP contribution in [-0.2, 0) is 28.9 Å². The number of pyridine rings is 2. The molecule has 0 saturated carbocycles. The average molecular weight is 485 g/mol. The van der Waals surface area contributed by atoms with Gasteiger partial charge < -0.3 is 27.1 Å². The Hall–Kier alpha value is -4.48. The second-order valence-corrected chi connectivity index (χ2v) is 7.61. The van der Waals surface area contributed by atoms with E-state index in [1.807, 2.05) is 19.1 Å². The maximum absolute atomic E-state index is 13.1. The molecule has 6 N–H and O–H groups in total. The van der Waals surface area contributed by atoms with E-state index in [9.17, 15) is 22.8 Å². The molecule has 12 heteroatoms. The average Bonchev–Trinajstić information content (AvgIpc) is 2.81. The number of aromatic nitrogens is 2. The van der Waals surface area contributed by atoms with Gasteiger partial charge >= 0.3 is 18.0 Å². The monoisotopic (exact) mass is 485 g/mol. The Morgan fingerprint density at radius 2 is 1.80 bits per heavy atom. The Bertz CT molecular complexity index is 1260. The van der Waals surface area contributed by atoms with E-state index in [0.717, 1.165) is 40.6 Å². The number of nitrogens with zero attached hydrogens (tertiary/aromatic N) is 3. The molecule has 0 saturated heterocycles. The smallest absolute Gasteiger partial charge is 0.396 e. The summed E-state index contributed by atoms with van der Waals surface area (Å²) < 4.78 is 38.6. The van der Waals surface area contributed by atoms with Crippen molar-refractivity contribution >= 4 is 35.2 Å². The van der Waals surface area contributed by atoms with Crippen LogP contribution in [0.3, 0.4) is 0 Å². The number of anilines is 3. The van der Waals surface area contributed by atoms with Gasteiger partial charge in [-0.3, -0.25) is 14.6 Å². The summed E-state index contributed by atoms with van der Waals surface area (Å²) in [4.78, 5) is 34.7. The highest BCUT2D eigenvalue weighted by Gasteiger charge is 2.31. The maximum Gasteiger partial charge on any atom is 0.417 e. The van der Waals surface area contributed by atoms with Gasteiger partial charge in [0.2, 0.25) is 0 Å². The number of nitrogens with one attached hydrogen (secondary N) is 2. The van der Waals surface area contributed by atoms with Crippen molar-refractivity contribution in [2.45, 2.75) is 26.2 Å². The Morgan fingerprint density at radius 3 is 2.40 bits per heavy atom. The Labute approximate surface area is 198 Å². The molecule has 0 fully saturated rings. The number of rotatable bonds is 6. The van der Waals surface area contributed by atoms with Gasteiger partial charge in [0.25, 0.3) is 0 Å². The minimum atomic E-state index is -4.55. The van der Waals surface area contributed by atoms with Crippen molar-refractivity contribution in [2.24, 2.45) is 0 Å². The van der Waals surface area contributed by atoms with E-state index in [1.165, 1.54) is 0 Å². The van der Waals surface area contributed by atoms with Gasteiger partial charge in [0, 0.05) is 19.0 Å². The zero-order valence-electron chi connectivity index (χ0n) is 18.6. The third-order valence-corrected chi connectivity index (χ3v) is 5.19. The highest BCUT2D eigenvalue weighted by Crippen LogP contribution is 2.28. The minimum absolute atomic E-state index is 0.00282. The number of carbonyl (C=O) groups excluding carboxylic acids is 2. The van der Waals surface area contributed by atoms with Crippen LogP contribution >= 0.6 is 0 Å². The maximum atomic E-state index is 13.1. The number of hydrogen-bond donors (Lipinski definition) is 4. The largest absolute Gasteiger partial charge is 0.417 e. The number of aryl methyl sites for hydroxylation is 1. The summed E-state index contributed by atoms with van der Waals surface area (Å²) in [6.07, 6.45) is -1.85. The number of nitrogens with two attached hydrogens (primary N) is 2. The predicted octanol–water partition coefficient (Wildman–Crippen LogP) is 3.13. The molecule has 3 rings (SSSR count). The highest BCUT2D eigenvalue weighted by molar-refractivity contribution is 6.39. The van der Waals surface area contributed by atoms with Crippen LogP contribution in [0, 0.1) is 12.3 Å². The fraction of sp³-hybridized carbons (Fsp3) is 0.174. The first-order valence-electron chi connectivity index (χ1n) is 10.2. The molecule has 0 aliphatic carbocycles. The van der Waals surface area contributed by atoms with Crippen LogP contribution in [0.1, 0.15) is 27.9 Å². The van der Waals surface area contributed by atoms with Crippen LogP contribution in [0.2, 0.25) is 0 Å². The Kier molecular flexibility index (Phi) is 7.33. The molecule has 182 valence electrons. The zero-order chi connectivity index (χ0) is 25.8. The summed E-state index contributed by atoms with van der Waals surface area (Å²) >= 11 is 0. The summed E-state index contributed by atoms with van der Waals surface area (Å²) in [5, 5.41) is 9.75. The SMILES string of the molecule is Cc1ccccc1CN(Cc1ccc(C(F)(F)F)cn1)C(=O)C(=O)Nc1cnc(N)c(C=N)c1N. The zero-order valence-corrected chi connectivity index (χ0v) is 18.6. The van der Waals surface area contributed by atoms with Crippen molar-refractivity contribution in [1.82, 2.24) is 14.9 Å². The first-order valence-corrected chi connectivity index (χ1v) is 10.2. The normalized spacial score (nSPS) is 11.1. The molecule has 2 aromatic heterocycles. The highest BCUT2D eigenvalue weighted by atomic mass is 19.4. The summed E-state index contributed by atoms with van der Waals surface area (Å²) in [7, 11) is 0. The van der Waals surface area contributed by atoms with Crippen LogP contribution in [0.5, 0.6) is 0 Å². The molecule has 0 unspecified atom stereocenters. The van der Waals surface area contributed by atoms with Gasteiger partial charge in [-0.05, 0) is 30.2 Å². The van der Waals surface area contributed by atoms with Crippen LogP contribution < -0.4 is 16.8 Å². The lowest BCUT2D eigenvalue weighted by atomic mass is 10.1. The van der Waals surface area contributed by atoms with E-state index in [4.69, 9.17) is 16.9 Å². The first-order chi connectivity index (χ1) is 16.5. The molecule has 1 aromatic carbocycles. The fourth-order valence-electron chi connectivity index (χ4n) is 3.20. The fourth-order valence-corrected chi connectivity index (χ4v) is 3.20. The molecule has 3 aromatic rings. The quantitative estimate of drug-likeness (QED) is 0.311. The lowest BCUT2D eigenvalue weighted by Gasteiger charge is -2.23. The van der Waals surface area contributed by atoms with Crippen LogP contribution in [-0.4, -0.2) is 32.9 Å². The van der Waals surface area contributed by atoms with Crippen LogP contribution in [0.25, 0.3) is 0 Å². The van der Waals surface area contributed by atoms with E-state index >= 15 is 0 Å². The third-order valence-electron chi connectivity index (χ3n) is 5.19. The van der Waals surface area contributed by atoms with Gasteiger partial charge in [-0.1, -0.05) is 24.3 Å².